The van der Waals surface area contributed by atoms with E-state index in [4.69, 9.17) is 24.5 Å². The predicted molar refractivity (Wildman–Crippen MR) is 126 cm³/mol. The molecule has 2 aliphatic rings. The van der Waals surface area contributed by atoms with Crippen LogP contribution in [0.25, 0.3) is 0 Å². The average molecular weight is 574 g/mol. The number of carbonyl (C=O) groups excluding carboxylic acids is 1. The third-order valence-corrected chi connectivity index (χ3v) is 6.40. The number of nitrogens with zero attached hydrogens (tertiary/aromatic N) is 3. The van der Waals surface area contributed by atoms with E-state index in [2.05, 4.69) is 23.7 Å². The summed E-state index contributed by atoms with van der Waals surface area (Å²) in [6.07, 6.45) is -3.34. The van der Waals surface area contributed by atoms with E-state index in [1.807, 2.05) is 17.9 Å². The molecule has 2 fully saturated rings. The van der Waals surface area contributed by atoms with Gasteiger partial charge in [-0.25, -0.2) is 9.59 Å². The van der Waals surface area contributed by atoms with Crippen LogP contribution >= 0.6 is 0 Å². The zero-order valence-corrected chi connectivity index (χ0v) is 22.0. The van der Waals surface area contributed by atoms with E-state index < -0.39 is 24.3 Å². The third-order valence-electron chi connectivity index (χ3n) is 6.40. The first-order valence-electron chi connectivity index (χ1n) is 11.9. The number of carboxylic acid groups (broad SMARTS) is 2. The van der Waals surface area contributed by atoms with Crippen molar-refractivity contribution in [3.05, 3.63) is 29.6 Å². The molecule has 222 valence electrons. The summed E-state index contributed by atoms with van der Waals surface area (Å²) in [5.74, 6) is -5.39. The molecule has 3 rings (SSSR count). The monoisotopic (exact) mass is 573 g/mol. The SMILES string of the molecule is COCC1CC2(CCN(C(=O)c3cncc(C)c3)CC2)CN1C(C)C.O=C(O)C(F)(F)F.O=C(O)C(F)(F)F. The lowest BCUT2D eigenvalue weighted by atomic mass is 9.76. The van der Waals surface area contributed by atoms with Crippen LogP contribution in [0.3, 0.4) is 0 Å². The Morgan fingerprint density at radius 1 is 1.05 bits per heavy atom. The van der Waals surface area contributed by atoms with Crippen molar-refractivity contribution in [2.24, 2.45) is 5.41 Å². The highest BCUT2D eigenvalue weighted by atomic mass is 19.4. The molecule has 2 N–H and O–H groups in total. The quantitative estimate of drug-likeness (QED) is 0.519. The minimum absolute atomic E-state index is 0.123. The van der Waals surface area contributed by atoms with Gasteiger partial charge in [-0.15, -0.1) is 0 Å². The Morgan fingerprint density at radius 3 is 1.92 bits per heavy atom. The molecule has 3 heterocycles. The Balaban J connectivity index is 0.000000449. The number of hydrogen-bond donors (Lipinski definition) is 2. The second-order valence-electron chi connectivity index (χ2n) is 9.73. The van der Waals surface area contributed by atoms with E-state index in [-0.39, 0.29) is 5.91 Å². The van der Waals surface area contributed by atoms with Gasteiger partial charge in [0.25, 0.3) is 5.91 Å². The van der Waals surface area contributed by atoms with Gasteiger partial charge in [0.1, 0.15) is 0 Å². The number of alkyl halides is 6. The van der Waals surface area contributed by atoms with E-state index >= 15 is 0 Å². The highest BCUT2D eigenvalue weighted by Gasteiger charge is 2.46. The summed E-state index contributed by atoms with van der Waals surface area (Å²) in [4.78, 5) is 39.3. The number of methoxy groups -OCH3 is 1. The minimum Gasteiger partial charge on any atom is -0.475 e. The largest absolute Gasteiger partial charge is 0.490 e. The van der Waals surface area contributed by atoms with Gasteiger partial charge in [0.15, 0.2) is 0 Å². The van der Waals surface area contributed by atoms with Crippen LogP contribution in [0.5, 0.6) is 0 Å². The molecule has 1 amide bonds. The lowest BCUT2D eigenvalue weighted by Gasteiger charge is -2.39. The Labute approximate surface area is 221 Å². The summed E-state index contributed by atoms with van der Waals surface area (Å²) in [7, 11) is 1.79. The molecule has 39 heavy (non-hydrogen) atoms. The number of likely N-dealkylation sites (tertiary alicyclic amines) is 2. The Kier molecular flexibility index (Phi) is 12.2. The summed E-state index contributed by atoms with van der Waals surface area (Å²) in [6, 6.07) is 2.98. The fourth-order valence-corrected chi connectivity index (χ4v) is 4.55. The van der Waals surface area contributed by atoms with E-state index in [0.717, 1.165) is 44.6 Å². The van der Waals surface area contributed by atoms with Crippen LogP contribution in [0.4, 0.5) is 26.3 Å². The van der Waals surface area contributed by atoms with Gasteiger partial charge in [-0.05, 0) is 57.1 Å². The molecule has 0 radical (unpaired) electrons. The van der Waals surface area contributed by atoms with Crippen molar-refractivity contribution >= 4 is 17.8 Å². The van der Waals surface area contributed by atoms with E-state index in [1.54, 1.807) is 19.5 Å². The Bertz CT molecular complexity index is 954. The van der Waals surface area contributed by atoms with Gasteiger partial charge in [-0.3, -0.25) is 14.7 Å². The number of rotatable bonds is 4. The number of aliphatic carboxylic acids is 2. The molecule has 0 aliphatic carbocycles. The van der Waals surface area contributed by atoms with Gasteiger partial charge in [0.2, 0.25) is 0 Å². The molecule has 0 saturated carbocycles. The molecule has 1 aromatic rings. The Morgan fingerprint density at radius 2 is 1.54 bits per heavy atom. The Hall–Kier alpha value is -2.94. The molecular formula is C24H33F6N3O6. The maximum absolute atomic E-state index is 12.8. The second-order valence-corrected chi connectivity index (χ2v) is 9.73. The maximum Gasteiger partial charge on any atom is 0.490 e. The summed E-state index contributed by atoms with van der Waals surface area (Å²) in [5.41, 5.74) is 2.09. The van der Waals surface area contributed by atoms with Crippen LogP contribution in [0.15, 0.2) is 18.5 Å². The number of amides is 1. The average Bonchev–Trinajstić information content (AvgIpc) is 3.17. The van der Waals surface area contributed by atoms with Gasteiger partial charge >= 0.3 is 24.3 Å². The first-order chi connectivity index (χ1) is 17.8. The van der Waals surface area contributed by atoms with Gasteiger partial charge in [0, 0.05) is 51.2 Å². The molecule has 2 aliphatic heterocycles. The van der Waals surface area contributed by atoms with Crippen LogP contribution in [0.1, 0.15) is 49.0 Å². The van der Waals surface area contributed by atoms with E-state index in [9.17, 15) is 31.1 Å². The molecule has 15 heteroatoms. The van der Waals surface area contributed by atoms with Crippen LogP contribution in [-0.4, -0.2) is 101 Å². The normalized spacial score (nSPS) is 19.2. The number of piperidine rings is 1. The molecule has 1 spiro atoms. The number of aryl methyl sites for hydroxylation is 1. The van der Waals surface area contributed by atoms with Gasteiger partial charge in [-0.1, -0.05) is 0 Å². The van der Waals surface area contributed by atoms with Gasteiger partial charge < -0.3 is 19.8 Å². The van der Waals surface area contributed by atoms with Crippen LogP contribution in [0.2, 0.25) is 0 Å². The zero-order valence-electron chi connectivity index (χ0n) is 22.0. The molecule has 0 bridgehead atoms. The third kappa shape index (κ3) is 10.6. The number of hydrogen-bond acceptors (Lipinski definition) is 6. The predicted octanol–water partition coefficient (Wildman–Crippen LogP) is 4.01. The van der Waals surface area contributed by atoms with E-state index in [1.165, 1.54) is 6.42 Å². The minimum atomic E-state index is -5.08. The molecular weight excluding hydrogens is 540 g/mol. The highest BCUT2D eigenvalue weighted by Crippen LogP contribution is 2.44. The molecule has 2 saturated heterocycles. The van der Waals surface area contributed by atoms with E-state index in [0.29, 0.717) is 23.1 Å². The van der Waals surface area contributed by atoms with Gasteiger partial charge in [0.05, 0.1) is 12.2 Å². The summed E-state index contributed by atoms with van der Waals surface area (Å²) in [5, 5.41) is 14.2. The smallest absolute Gasteiger partial charge is 0.475 e. The maximum atomic E-state index is 12.8. The number of pyridine rings is 1. The lowest BCUT2D eigenvalue weighted by molar-refractivity contribution is -0.193. The highest BCUT2D eigenvalue weighted by molar-refractivity contribution is 5.94. The number of ether oxygens (including phenoxy) is 1. The van der Waals surface area contributed by atoms with Crippen molar-refractivity contribution < 1.29 is 55.7 Å². The molecule has 9 nitrogen and oxygen atoms in total. The van der Waals surface area contributed by atoms with Crippen molar-refractivity contribution in [3.63, 3.8) is 0 Å². The molecule has 0 aromatic carbocycles. The zero-order chi connectivity index (χ0) is 30.2. The number of aromatic nitrogens is 1. The summed E-state index contributed by atoms with van der Waals surface area (Å²) < 4.78 is 68.9. The van der Waals surface area contributed by atoms with Crippen molar-refractivity contribution in [2.45, 2.75) is 64.5 Å². The standard InChI is InChI=1S/C20H31N3O2.2C2HF3O2/c1-15(2)23-14-20(10-18(23)13-25-4)5-7-22(8-6-20)19(24)17-9-16(3)11-21-12-17;2*3-2(4,5)1(6)7/h9,11-12,15,18H,5-8,10,13-14H2,1-4H3;2*(H,6,7). The fourth-order valence-electron chi connectivity index (χ4n) is 4.55. The van der Waals surface area contributed by atoms with Crippen molar-refractivity contribution in [2.75, 3.05) is 33.4 Å². The number of carboxylic acids is 2. The molecule has 1 atom stereocenters. The van der Waals surface area contributed by atoms with Crippen molar-refractivity contribution in [3.8, 4) is 0 Å². The van der Waals surface area contributed by atoms with Gasteiger partial charge in [-0.2, -0.15) is 26.3 Å². The summed E-state index contributed by atoms with van der Waals surface area (Å²) >= 11 is 0. The number of halogens is 6. The fraction of sp³-hybridized carbons (Fsp3) is 0.667. The number of carbonyl (C=O) groups is 3. The topological polar surface area (TPSA) is 120 Å². The second kappa shape index (κ2) is 13.9. The summed E-state index contributed by atoms with van der Waals surface area (Å²) in [6.45, 7) is 10.1. The van der Waals surface area contributed by atoms with Crippen molar-refractivity contribution in [1.29, 1.82) is 0 Å². The van der Waals surface area contributed by atoms with Crippen molar-refractivity contribution in [1.82, 2.24) is 14.8 Å². The molecule has 1 aromatic heterocycles. The first-order valence-corrected chi connectivity index (χ1v) is 11.9. The van der Waals surface area contributed by atoms with Crippen LogP contribution < -0.4 is 0 Å². The lowest BCUT2D eigenvalue weighted by Crippen LogP contribution is -2.44. The first kappa shape index (κ1) is 34.1. The molecule has 1 unspecified atom stereocenters. The van der Waals surface area contributed by atoms with Crippen LogP contribution in [0, 0.1) is 12.3 Å². The van der Waals surface area contributed by atoms with Crippen LogP contribution in [-0.2, 0) is 14.3 Å².